The molecule has 1 aromatic heterocycles. The molecule has 2 heterocycles. The number of hydrogen-bond acceptors (Lipinski definition) is 12. The standard InChI is InChI=1S/C38H55N9O9/c1-5-6-20-55-31(49)22-29-35(53)47-28(21-24-12-8-7-9-13-24)34(52)45-26(14-10-11-18-41-37(54)56-38(2,3)4)33(51)46-27(32(50)42-23-30(48)44-29)16-15-25-17-19-40-36(39)43-25/h7-9,12-13,17,19,26-29H,5-6,10-11,14-16,18,20-23H2,1-4H3,(H,41,54)(H,42,50)(H,44,48)(H,45,52)(H,46,51)(H,47,53)(H2,39,40,43). The van der Waals surface area contributed by atoms with E-state index in [0.717, 1.165) is 6.42 Å². The zero-order valence-electron chi connectivity index (χ0n) is 32.5. The molecule has 18 nitrogen and oxygen atoms in total. The first kappa shape index (κ1) is 44.6. The number of nitrogens with zero attached hydrogens (tertiary/aromatic N) is 2. The highest BCUT2D eigenvalue weighted by Crippen LogP contribution is 2.11. The van der Waals surface area contributed by atoms with Crippen molar-refractivity contribution < 1.29 is 43.0 Å². The van der Waals surface area contributed by atoms with Crippen LogP contribution in [0.1, 0.15) is 83.9 Å². The van der Waals surface area contributed by atoms with Gasteiger partial charge in [0.25, 0.3) is 0 Å². The third kappa shape index (κ3) is 16.7. The zero-order valence-corrected chi connectivity index (χ0v) is 32.5. The number of nitrogen functional groups attached to an aromatic ring is 1. The maximum atomic E-state index is 14.1. The molecule has 1 aliphatic rings. The molecule has 4 unspecified atom stereocenters. The summed E-state index contributed by atoms with van der Waals surface area (Å²) in [5.74, 6) is -4.51. The zero-order chi connectivity index (χ0) is 41.1. The Labute approximate surface area is 326 Å². The minimum absolute atomic E-state index is 0.00109. The van der Waals surface area contributed by atoms with Gasteiger partial charge in [-0.3, -0.25) is 28.8 Å². The monoisotopic (exact) mass is 781 g/mol. The second-order valence-corrected chi connectivity index (χ2v) is 14.4. The van der Waals surface area contributed by atoms with Gasteiger partial charge in [-0.25, -0.2) is 14.8 Å². The average molecular weight is 782 g/mol. The number of aryl methyl sites for hydroxylation is 1. The van der Waals surface area contributed by atoms with Gasteiger partial charge in [0.2, 0.25) is 35.5 Å². The number of nitrogens with two attached hydrogens (primary N) is 1. The second-order valence-electron chi connectivity index (χ2n) is 14.4. The third-order valence-electron chi connectivity index (χ3n) is 8.40. The van der Waals surface area contributed by atoms with Crippen LogP contribution < -0.4 is 37.6 Å². The van der Waals surface area contributed by atoms with E-state index in [1.54, 1.807) is 57.2 Å². The summed E-state index contributed by atoms with van der Waals surface area (Å²) in [4.78, 5) is 101. The molecule has 3 rings (SSSR count). The van der Waals surface area contributed by atoms with E-state index in [4.69, 9.17) is 15.2 Å². The van der Waals surface area contributed by atoms with Crippen LogP contribution in [0.2, 0.25) is 0 Å². The van der Waals surface area contributed by atoms with Crippen LogP contribution in [-0.4, -0.2) is 101 Å². The Kier molecular flexibility index (Phi) is 17.9. The Balaban J connectivity index is 1.93. The maximum absolute atomic E-state index is 14.1. The number of anilines is 1. The largest absolute Gasteiger partial charge is 0.466 e. The molecule has 2 aromatic rings. The number of unbranched alkanes of at least 4 members (excludes halogenated alkanes) is 2. The SMILES string of the molecule is CCCCOC(=O)CC1NC(=O)CNC(=O)C(CCc2ccnc(N)n2)NC(=O)C(CCCCNC(=O)OC(C)(C)C)NC(=O)C(Cc2ccccc2)NC1=O. The van der Waals surface area contributed by atoms with Crippen LogP contribution in [0.4, 0.5) is 10.7 Å². The molecule has 1 aromatic carbocycles. The lowest BCUT2D eigenvalue weighted by atomic mass is 10.0. The van der Waals surface area contributed by atoms with E-state index < -0.39 is 84.3 Å². The van der Waals surface area contributed by atoms with Crippen molar-refractivity contribution in [3.63, 3.8) is 0 Å². The number of benzene rings is 1. The van der Waals surface area contributed by atoms with E-state index in [9.17, 15) is 33.6 Å². The minimum Gasteiger partial charge on any atom is -0.466 e. The summed E-state index contributed by atoms with van der Waals surface area (Å²) in [6.07, 6.45) is 2.73. The van der Waals surface area contributed by atoms with E-state index in [1.807, 2.05) is 6.92 Å². The van der Waals surface area contributed by atoms with Crippen LogP contribution >= 0.6 is 0 Å². The molecule has 1 fully saturated rings. The molecule has 306 valence electrons. The lowest BCUT2D eigenvalue weighted by Crippen LogP contribution is -2.58. The highest BCUT2D eigenvalue weighted by Gasteiger charge is 2.33. The molecule has 0 spiro atoms. The van der Waals surface area contributed by atoms with Crippen molar-refractivity contribution in [2.24, 2.45) is 0 Å². The van der Waals surface area contributed by atoms with Gasteiger partial charge in [0.05, 0.1) is 19.6 Å². The van der Waals surface area contributed by atoms with Crippen molar-refractivity contribution in [3.8, 4) is 0 Å². The molecule has 56 heavy (non-hydrogen) atoms. The smallest absolute Gasteiger partial charge is 0.407 e. The van der Waals surface area contributed by atoms with Crippen LogP contribution in [0, 0.1) is 0 Å². The molecule has 0 radical (unpaired) electrons. The molecular formula is C38H55N9O9. The quantitative estimate of drug-likeness (QED) is 0.0975. The summed E-state index contributed by atoms with van der Waals surface area (Å²) < 4.78 is 10.5. The topological polar surface area (TPSA) is 262 Å². The molecule has 18 heteroatoms. The van der Waals surface area contributed by atoms with Crippen LogP contribution in [0.15, 0.2) is 42.6 Å². The van der Waals surface area contributed by atoms with Crippen molar-refractivity contribution in [2.45, 2.75) is 115 Å². The lowest BCUT2D eigenvalue weighted by Gasteiger charge is -2.26. The number of hydrogen-bond donors (Lipinski definition) is 7. The summed E-state index contributed by atoms with van der Waals surface area (Å²) >= 11 is 0. The fourth-order valence-corrected chi connectivity index (χ4v) is 5.54. The van der Waals surface area contributed by atoms with Gasteiger partial charge in [0, 0.05) is 24.9 Å². The van der Waals surface area contributed by atoms with E-state index in [2.05, 4.69) is 41.9 Å². The normalized spacial score (nSPS) is 19.8. The van der Waals surface area contributed by atoms with Gasteiger partial charge in [-0.2, -0.15) is 0 Å². The van der Waals surface area contributed by atoms with E-state index >= 15 is 0 Å². The van der Waals surface area contributed by atoms with Crippen LogP contribution in [0.25, 0.3) is 0 Å². The van der Waals surface area contributed by atoms with Crippen molar-refractivity contribution in [3.05, 3.63) is 53.9 Å². The van der Waals surface area contributed by atoms with Gasteiger partial charge < -0.3 is 47.1 Å². The van der Waals surface area contributed by atoms with E-state index in [1.165, 1.54) is 6.20 Å². The highest BCUT2D eigenvalue weighted by atomic mass is 16.6. The Hall–Kier alpha value is -5.81. The van der Waals surface area contributed by atoms with Crippen LogP contribution in [0.3, 0.4) is 0 Å². The van der Waals surface area contributed by atoms with E-state index in [-0.39, 0.29) is 44.8 Å². The first-order chi connectivity index (χ1) is 26.6. The third-order valence-corrected chi connectivity index (χ3v) is 8.40. The summed E-state index contributed by atoms with van der Waals surface area (Å²) in [7, 11) is 0. The van der Waals surface area contributed by atoms with Gasteiger partial charge in [-0.05, 0) is 70.9 Å². The Morgan fingerprint density at radius 2 is 1.50 bits per heavy atom. The number of nitrogens with one attached hydrogen (secondary N) is 6. The lowest BCUT2D eigenvalue weighted by molar-refractivity contribution is -0.146. The van der Waals surface area contributed by atoms with Crippen LogP contribution in [-0.2, 0) is 51.1 Å². The Morgan fingerprint density at radius 1 is 0.839 bits per heavy atom. The summed E-state index contributed by atoms with van der Waals surface area (Å²) in [5.41, 5.74) is 6.22. The second kappa shape index (κ2) is 22.5. The fourth-order valence-electron chi connectivity index (χ4n) is 5.54. The molecule has 4 atom stereocenters. The molecule has 1 aliphatic heterocycles. The summed E-state index contributed by atoms with van der Waals surface area (Å²) in [6, 6.07) is 5.32. The number of rotatable bonds is 15. The number of carbonyl (C=O) groups is 7. The summed E-state index contributed by atoms with van der Waals surface area (Å²) in [6.45, 7) is 6.88. The molecule has 1 saturated heterocycles. The molecule has 0 saturated carbocycles. The maximum Gasteiger partial charge on any atom is 0.407 e. The Morgan fingerprint density at radius 3 is 2.18 bits per heavy atom. The van der Waals surface area contributed by atoms with Crippen molar-refractivity contribution >= 4 is 47.5 Å². The minimum atomic E-state index is -1.46. The number of aromatic nitrogens is 2. The molecular weight excluding hydrogens is 726 g/mol. The summed E-state index contributed by atoms with van der Waals surface area (Å²) in [5, 5.41) is 15.7. The van der Waals surface area contributed by atoms with Gasteiger partial charge in [0.15, 0.2) is 0 Å². The molecule has 0 bridgehead atoms. The highest BCUT2D eigenvalue weighted by molar-refractivity contribution is 5.98. The van der Waals surface area contributed by atoms with Crippen molar-refractivity contribution in [1.29, 1.82) is 0 Å². The number of alkyl carbamates (subject to hydrolysis) is 1. The van der Waals surface area contributed by atoms with Crippen molar-refractivity contribution in [2.75, 3.05) is 25.4 Å². The number of esters is 1. The average Bonchev–Trinajstić information content (AvgIpc) is 3.13. The van der Waals surface area contributed by atoms with Gasteiger partial charge >= 0.3 is 12.1 Å². The number of amides is 6. The predicted octanol–water partition coefficient (Wildman–Crippen LogP) is 0.732. The van der Waals surface area contributed by atoms with Gasteiger partial charge in [-0.1, -0.05) is 43.7 Å². The van der Waals surface area contributed by atoms with Gasteiger partial charge in [0.1, 0.15) is 29.8 Å². The molecule has 8 N–H and O–H groups in total. The number of carbonyl (C=O) groups excluding carboxylic acids is 7. The first-order valence-electron chi connectivity index (χ1n) is 18.9. The van der Waals surface area contributed by atoms with Crippen molar-refractivity contribution in [1.82, 2.24) is 41.9 Å². The van der Waals surface area contributed by atoms with Gasteiger partial charge in [-0.15, -0.1) is 0 Å². The van der Waals surface area contributed by atoms with E-state index in [0.29, 0.717) is 30.5 Å². The van der Waals surface area contributed by atoms with Crippen LogP contribution in [0.5, 0.6) is 0 Å². The molecule has 6 amide bonds. The number of ether oxygens (including phenoxy) is 2. The Bertz CT molecular complexity index is 1650. The first-order valence-corrected chi connectivity index (χ1v) is 18.9. The fraction of sp³-hybridized carbons (Fsp3) is 0.553. The molecule has 0 aliphatic carbocycles. The predicted molar refractivity (Wildman–Crippen MR) is 204 cm³/mol.